The molecule has 1 aromatic carbocycles. The number of benzene rings is 1. The van der Waals surface area contributed by atoms with Crippen molar-refractivity contribution in [3.63, 3.8) is 0 Å². The van der Waals surface area contributed by atoms with E-state index in [-0.39, 0.29) is 5.97 Å². The zero-order chi connectivity index (χ0) is 13.5. The maximum atomic E-state index is 11.7. The first-order valence-electron chi connectivity index (χ1n) is 6.17. The number of esters is 1. The average molecular weight is 264 g/mol. The van der Waals surface area contributed by atoms with Gasteiger partial charge in [-0.2, -0.15) is 0 Å². The summed E-state index contributed by atoms with van der Waals surface area (Å²) in [5, 5.41) is 0. The number of carbonyl (C=O) groups excluding carboxylic acids is 1. The quantitative estimate of drug-likeness (QED) is 0.450. The molecule has 1 aromatic rings. The molecule has 0 aromatic heterocycles. The van der Waals surface area contributed by atoms with Gasteiger partial charge in [0.1, 0.15) is 0 Å². The van der Waals surface area contributed by atoms with E-state index < -0.39 is 0 Å². The fourth-order valence-corrected chi connectivity index (χ4v) is 2.73. The van der Waals surface area contributed by atoms with E-state index in [1.165, 1.54) is 12.7 Å². The minimum atomic E-state index is -0.214. The van der Waals surface area contributed by atoms with E-state index in [2.05, 4.69) is 38.1 Å². The number of hydrogen-bond acceptors (Lipinski definition) is 3. The second-order valence-electron chi connectivity index (χ2n) is 4.02. The Morgan fingerprint density at radius 3 is 2.22 bits per heavy atom. The molecule has 2 nitrogen and oxygen atoms in total. The Balaban J connectivity index is 2.98. The number of aryl methyl sites for hydroxylation is 1. The average Bonchev–Trinajstić information content (AvgIpc) is 2.40. The van der Waals surface area contributed by atoms with Crippen molar-refractivity contribution >= 4 is 17.7 Å². The molecular weight excluding hydrogens is 244 g/mol. The Hall–Kier alpha value is -1.22. The van der Waals surface area contributed by atoms with Crippen LogP contribution in [0.4, 0.5) is 0 Å². The molecule has 0 unspecified atom stereocenters. The first-order valence-corrected chi connectivity index (χ1v) is 6.98. The van der Waals surface area contributed by atoms with Crippen LogP contribution >= 0.6 is 11.8 Å². The van der Waals surface area contributed by atoms with Crippen LogP contribution in [0.1, 0.15) is 32.3 Å². The molecule has 0 saturated heterocycles. The van der Waals surface area contributed by atoms with Gasteiger partial charge in [0, 0.05) is 10.5 Å². The summed E-state index contributed by atoms with van der Waals surface area (Å²) in [7, 11) is 1.43. The number of ether oxygens (including phenoxy) is 1. The SMILES string of the molecule is CC/C(Sc1ccc(C)cc1)=C(\CC)C(=O)OC. The zero-order valence-electron chi connectivity index (χ0n) is 11.4. The van der Waals surface area contributed by atoms with Gasteiger partial charge in [-0.1, -0.05) is 43.3 Å². The molecule has 0 saturated carbocycles. The summed E-state index contributed by atoms with van der Waals surface area (Å²) < 4.78 is 4.83. The topological polar surface area (TPSA) is 26.3 Å². The van der Waals surface area contributed by atoms with Gasteiger partial charge in [-0.3, -0.25) is 0 Å². The summed E-state index contributed by atoms with van der Waals surface area (Å²) in [6.07, 6.45) is 1.55. The van der Waals surface area contributed by atoms with E-state index in [4.69, 9.17) is 4.74 Å². The highest BCUT2D eigenvalue weighted by atomic mass is 32.2. The first-order chi connectivity index (χ1) is 8.62. The molecule has 18 heavy (non-hydrogen) atoms. The molecule has 0 aliphatic heterocycles. The van der Waals surface area contributed by atoms with Crippen molar-refractivity contribution in [1.82, 2.24) is 0 Å². The fourth-order valence-electron chi connectivity index (χ4n) is 1.67. The molecule has 0 N–H and O–H groups in total. The van der Waals surface area contributed by atoms with Crippen molar-refractivity contribution in [2.24, 2.45) is 0 Å². The van der Waals surface area contributed by atoms with Crippen LogP contribution in [0.3, 0.4) is 0 Å². The molecule has 0 bridgehead atoms. The number of thioether (sulfide) groups is 1. The lowest BCUT2D eigenvalue weighted by Crippen LogP contribution is -2.06. The maximum Gasteiger partial charge on any atom is 0.334 e. The molecule has 0 heterocycles. The lowest BCUT2D eigenvalue weighted by atomic mass is 10.2. The molecule has 1 rings (SSSR count). The number of allylic oxidation sites excluding steroid dienone is 1. The Morgan fingerprint density at radius 1 is 1.17 bits per heavy atom. The van der Waals surface area contributed by atoms with Gasteiger partial charge in [0.25, 0.3) is 0 Å². The van der Waals surface area contributed by atoms with Crippen molar-refractivity contribution < 1.29 is 9.53 Å². The molecule has 0 spiro atoms. The molecule has 0 radical (unpaired) electrons. The van der Waals surface area contributed by atoms with Crippen LogP contribution in [0.2, 0.25) is 0 Å². The Bertz CT molecular complexity index is 432. The van der Waals surface area contributed by atoms with Crippen LogP contribution in [0.15, 0.2) is 39.6 Å². The summed E-state index contributed by atoms with van der Waals surface area (Å²) in [6.45, 7) is 6.11. The molecule has 3 heteroatoms. The Morgan fingerprint density at radius 2 is 1.78 bits per heavy atom. The second kappa shape index (κ2) is 7.27. The van der Waals surface area contributed by atoms with Crippen molar-refractivity contribution in [2.45, 2.75) is 38.5 Å². The van der Waals surface area contributed by atoms with Gasteiger partial charge in [-0.25, -0.2) is 4.79 Å². The zero-order valence-corrected chi connectivity index (χ0v) is 12.3. The van der Waals surface area contributed by atoms with Gasteiger partial charge in [0.15, 0.2) is 0 Å². The van der Waals surface area contributed by atoms with Gasteiger partial charge < -0.3 is 4.74 Å². The van der Waals surface area contributed by atoms with E-state index >= 15 is 0 Å². The monoisotopic (exact) mass is 264 g/mol. The first kappa shape index (κ1) is 14.8. The summed E-state index contributed by atoms with van der Waals surface area (Å²) in [6, 6.07) is 8.33. The van der Waals surface area contributed by atoms with Crippen LogP contribution in [0.25, 0.3) is 0 Å². The van der Waals surface area contributed by atoms with Gasteiger partial charge in [-0.15, -0.1) is 0 Å². The second-order valence-corrected chi connectivity index (χ2v) is 5.18. The highest BCUT2D eigenvalue weighted by Gasteiger charge is 2.14. The third-order valence-corrected chi connectivity index (χ3v) is 3.99. The molecule has 0 amide bonds. The number of methoxy groups -OCH3 is 1. The van der Waals surface area contributed by atoms with E-state index in [0.717, 1.165) is 21.8 Å². The minimum absolute atomic E-state index is 0.214. The maximum absolute atomic E-state index is 11.7. The Kier molecular flexibility index (Phi) is 5.99. The van der Waals surface area contributed by atoms with Crippen LogP contribution in [-0.4, -0.2) is 13.1 Å². The van der Waals surface area contributed by atoms with Crippen LogP contribution in [-0.2, 0) is 9.53 Å². The Labute approximate surface area is 113 Å². The van der Waals surface area contributed by atoms with Crippen molar-refractivity contribution in [3.8, 4) is 0 Å². The molecule has 0 aliphatic carbocycles. The van der Waals surface area contributed by atoms with E-state index in [1.54, 1.807) is 11.8 Å². The summed E-state index contributed by atoms with van der Waals surface area (Å²) >= 11 is 1.65. The lowest BCUT2D eigenvalue weighted by Gasteiger charge is -2.11. The molecule has 0 atom stereocenters. The van der Waals surface area contributed by atoms with Crippen molar-refractivity contribution in [2.75, 3.05) is 7.11 Å². The molecule has 98 valence electrons. The predicted molar refractivity (Wildman–Crippen MR) is 76.7 cm³/mol. The highest BCUT2D eigenvalue weighted by molar-refractivity contribution is 8.03. The normalized spacial score (nSPS) is 12.0. The highest BCUT2D eigenvalue weighted by Crippen LogP contribution is 2.32. The fraction of sp³-hybridized carbons (Fsp3) is 0.400. The van der Waals surface area contributed by atoms with Crippen molar-refractivity contribution in [1.29, 1.82) is 0 Å². The summed E-state index contributed by atoms with van der Waals surface area (Å²) in [5.74, 6) is -0.214. The lowest BCUT2D eigenvalue weighted by molar-refractivity contribution is -0.136. The summed E-state index contributed by atoms with van der Waals surface area (Å²) in [4.78, 5) is 13.9. The third-order valence-electron chi connectivity index (χ3n) is 2.71. The van der Waals surface area contributed by atoms with Gasteiger partial charge >= 0.3 is 5.97 Å². The van der Waals surface area contributed by atoms with E-state index in [0.29, 0.717) is 6.42 Å². The van der Waals surface area contributed by atoms with Crippen LogP contribution < -0.4 is 0 Å². The van der Waals surface area contributed by atoms with Gasteiger partial charge in [-0.05, 0) is 36.8 Å². The predicted octanol–water partition coefficient (Wildman–Crippen LogP) is 4.33. The van der Waals surface area contributed by atoms with Crippen LogP contribution in [0.5, 0.6) is 0 Å². The molecular formula is C15H20O2S. The number of carbonyl (C=O) groups is 1. The van der Waals surface area contributed by atoms with Gasteiger partial charge in [0.05, 0.1) is 7.11 Å². The summed E-state index contributed by atoms with van der Waals surface area (Å²) in [5.41, 5.74) is 2.02. The number of rotatable bonds is 5. The molecule has 0 fully saturated rings. The third kappa shape index (κ3) is 3.91. The smallest absolute Gasteiger partial charge is 0.334 e. The largest absolute Gasteiger partial charge is 0.466 e. The standard InChI is InChI=1S/C15H20O2S/c1-5-13(15(16)17-4)14(6-2)18-12-9-7-11(3)8-10-12/h7-10H,5-6H2,1-4H3/b14-13-. The van der Waals surface area contributed by atoms with Crippen LogP contribution in [0, 0.1) is 6.92 Å². The van der Waals surface area contributed by atoms with Gasteiger partial charge in [0.2, 0.25) is 0 Å². The van der Waals surface area contributed by atoms with Crippen molar-refractivity contribution in [3.05, 3.63) is 40.3 Å². The minimum Gasteiger partial charge on any atom is -0.466 e. The number of hydrogen-bond donors (Lipinski definition) is 0. The molecule has 0 aliphatic rings. The van der Waals surface area contributed by atoms with E-state index in [1.807, 2.05) is 6.92 Å². The van der Waals surface area contributed by atoms with E-state index in [9.17, 15) is 4.79 Å².